The van der Waals surface area contributed by atoms with Crippen LogP contribution in [0.1, 0.15) is 11.1 Å². The van der Waals surface area contributed by atoms with Gasteiger partial charge in [0.25, 0.3) is 0 Å². The molecule has 0 aliphatic carbocycles. The number of nitrogens with zero attached hydrogens (tertiary/aromatic N) is 4. The van der Waals surface area contributed by atoms with E-state index in [1.807, 2.05) is 0 Å². The third kappa shape index (κ3) is 8.39. The van der Waals surface area contributed by atoms with Crippen LogP contribution in [0, 0.1) is 0 Å². The molecule has 0 unspecified atom stereocenters. The van der Waals surface area contributed by atoms with Crippen LogP contribution in [0.2, 0.25) is 0 Å². The summed E-state index contributed by atoms with van der Waals surface area (Å²) >= 11 is 0. The predicted molar refractivity (Wildman–Crippen MR) is 331 cm³/mol. The van der Waals surface area contributed by atoms with Crippen molar-refractivity contribution in [2.24, 2.45) is 0 Å². The van der Waals surface area contributed by atoms with Gasteiger partial charge in [-0.2, -0.15) is 0 Å². The standard InChI is InChI=1S/C74H52N4/c1-5-21-55(22-6-1)63-29-13-17-33-69(63)77-71-35-19-15-31-65(71)67-51-61(47-49-73(67)77)75(57-25-9-3-10-26-57)59-43-39-53(40-44-59)37-38-54-41-45-60(46-42-54)76(58-27-11-4-12-28-58)62-48-50-74-68(52-62)66-32-16-20-36-72(66)78(74)70-34-18-14-30-64(70)56-23-7-2-8-24-56/h1-52H. The minimum atomic E-state index is 1.08. The summed E-state index contributed by atoms with van der Waals surface area (Å²) in [6, 6.07) is 109. The van der Waals surface area contributed by atoms with Crippen LogP contribution in [0.15, 0.2) is 303 Å². The number of rotatable bonds is 12. The van der Waals surface area contributed by atoms with Gasteiger partial charge in [-0.1, -0.05) is 206 Å². The fourth-order valence-electron chi connectivity index (χ4n) is 11.5. The maximum atomic E-state index is 2.42. The van der Waals surface area contributed by atoms with Gasteiger partial charge in [-0.3, -0.25) is 0 Å². The van der Waals surface area contributed by atoms with E-state index >= 15 is 0 Å². The summed E-state index contributed by atoms with van der Waals surface area (Å²) in [6.07, 6.45) is 4.41. The first kappa shape index (κ1) is 46.1. The smallest absolute Gasteiger partial charge is 0.0542 e. The fraction of sp³-hybridized carbons (Fsp3) is 0. The monoisotopic (exact) mass is 996 g/mol. The first-order valence-electron chi connectivity index (χ1n) is 26.7. The second-order valence-electron chi connectivity index (χ2n) is 19.7. The van der Waals surface area contributed by atoms with Crippen LogP contribution in [-0.4, -0.2) is 9.13 Å². The minimum absolute atomic E-state index is 1.08. The van der Waals surface area contributed by atoms with E-state index in [0.717, 1.165) is 56.6 Å². The minimum Gasteiger partial charge on any atom is -0.310 e. The first-order valence-corrected chi connectivity index (χ1v) is 26.7. The second kappa shape index (κ2) is 20.0. The Morgan fingerprint density at radius 3 is 0.949 bits per heavy atom. The van der Waals surface area contributed by atoms with Gasteiger partial charge in [0, 0.05) is 66.8 Å². The van der Waals surface area contributed by atoms with Gasteiger partial charge in [0.05, 0.1) is 33.4 Å². The lowest BCUT2D eigenvalue weighted by Crippen LogP contribution is -2.09. The predicted octanol–water partition coefficient (Wildman–Crippen LogP) is 20.3. The van der Waals surface area contributed by atoms with Gasteiger partial charge in [0.2, 0.25) is 0 Å². The quantitative estimate of drug-likeness (QED) is 0.113. The maximum absolute atomic E-state index is 2.42. The highest BCUT2D eigenvalue weighted by atomic mass is 15.1. The van der Waals surface area contributed by atoms with E-state index in [0.29, 0.717) is 0 Å². The molecule has 0 saturated heterocycles. The van der Waals surface area contributed by atoms with Crippen molar-refractivity contribution in [3.8, 4) is 33.6 Å². The molecule has 0 spiro atoms. The molecule has 0 aliphatic rings. The lowest BCUT2D eigenvalue weighted by Gasteiger charge is -2.26. The molecule has 0 radical (unpaired) electrons. The lowest BCUT2D eigenvalue weighted by atomic mass is 10.0. The molecule has 0 N–H and O–H groups in total. The van der Waals surface area contributed by atoms with Crippen molar-refractivity contribution in [1.29, 1.82) is 0 Å². The van der Waals surface area contributed by atoms with Gasteiger partial charge in [0.1, 0.15) is 0 Å². The number of benzene rings is 12. The second-order valence-corrected chi connectivity index (χ2v) is 19.7. The number of para-hydroxylation sites is 6. The molecule has 4 nitrogen and oxygen atoms in total. The van der Waals surface area contributed by atoms with Crippen LogP contribution in [0.3, 0.4) is 0 Å². The van der Waals surface area contributed by atoms with Crippen molar-refractivity contribution >= 4 is 89.9 Å². The maximum Gasteiger partial charge on any atom is 0.0542 e. The summed E-state index contributed by atoms with van der Waals surface area (Å²) in [5.74, 6) is 0. The molecule has 0 amide bonds. The molecule has 368 valence electrons. The molecule has 0 saturated carbocycles. The molecule has 0 fully saturated rings. The van der Waals surface area contributed by atoms with Gasteiger partial charge in [-0.15, -0.1) is 0 Å². The first-order chi connectivity index (χ1) is 38.7. The molecule has 4 heteroatoms. The van der Waals surface area contributed by atoms with Crippen molar-refractivity contribution in [2.75, 3.05) is 9.80 Å². The van der Waals surface area contributed by atoms with E-state index in [9.17, 15) is 0 Å². The lowest BCUT2D eigenvalue weighted by molar-refractivity contribution is 1.18. The van der Waals surface area contributed by atoms with Crippen molar-refractivity contribution in [3.63, 3.8) is 0 Å². The number of fused-ring (bicyclic) bond motifs is 6. The van der Waals surface area contributed by atoms with Gasteiger partial charge in [0.15, 0.2) is 0 Å². The third-order valence-corrected chi connectivity index (χ3v) is 15.1. The summed E-state index contributed by atoms with van der Waals surface area (Å²) in [5.41, 5.74) is 20.6. The summed E-state index contributed by atoms with van der Waals surface area (Å²) in [6.45, 7) is 0. The Bertz CT molecular complexity index is 4170. The summed E-state index contributed by atoms with van der Waals surface area (Å²) in [7, 11) is 0. The molecule has 14 aromatic rings. The zero-order chi connectivity index (χ0) is 51.8. The Balaban J connectivity index is 0.773. The average Bonchev–Trinajstić information content (AvgIpc) is 4.26. The molecule has 0 aliphatic heterocycles. The zero-order valence-corrected chi connectivity index (χ0v) is 42.8. The van der Waals surface area contributed by atoms with E-state index in [4.69, 9.17) is 0 Å². The van der Waals surface area contributed by atoms with E-state index in [-0.39, 0.29) is 0 Å². The fourth-order valence-corrected chi connectivity index (χ4v) is 11.5. The van der Waals surface area contributed by atoms with Crippen LogP contribution >= 0.6 is 0 Å². The van der Waals surface area contributed by atoms with Crippen molar-refractivity contribution in [2.45, 2.75) is 0 Å². The van der Waals surface area contributed by atoms with Crippen LogP contribution in [-0.2, 0) is 0 Å². The molecule has 78 heavy (non-hydrogen) atoms. The van der Waals surface area contributed by atoms with Gasteiger partial charge in [-0.25, -0.2) is 0 Å². The van der Waals surface area contributed by atoms with Gasteiger partial charge in [-0.05, 0) is 131 Å². The van der Waals surface area contributed by atoms with E-state index in [2.05, 4.69) is 334 Å². The van der Waals surface area contributed by atoms with Crippen LogP contribution in [0.5, 0.6) is 0 Å². The number of aromatic nitrogens is 2. The summed E-state index contributed by atoms with van der Waals surface area (Å²) in [5, 5.41) is 4.84. The normalized spacial score (nSPS) is 11.5. The highest BCUT2D eigenvalue weighted by Gasteiger charge is 2.21. The molecule has 12 aromatic carbocycles. The van der Waals surface area contributed by atoms with Crippen LogP contribution < -0.4 is 9.80 Å². The number of hydrogen-bond donors (Lipinski definition) is 0. The van der Waals surface area contributed by atoms with E-state index in [1.165, 1.54) is 65.9 Å². The molecule has 0 atom stereocenters. The Kier molecular flexibility index (Phi) is 11.8. The molecule has 2 heterocycles. The molecule has 14 rings (SSSR count). The summed E-state index contributed by atoms with van der Waals surface area (Å²) < 4.78 is 4.84. The zero-order valence-electron chi connectivity index (χ0n) is 42.8. The Hall–Kier alpha value is -10.4. The highest BCUT2D eigenvalue weighted by molar-refractivity contribution is 6.12. The molecular weight excluding hydrogens is 945 g/mol. The van der Waals surface area contributed by atoms with Crippen molar-refractivity contribution in [1.82, 2.24) is 9.13 Å². The molecular formula is C74H52N4. The van der Waals surface area contributed by atoms with Crippen LogP contribution in [0.25, 0.3) is 89.4 Å². The largest absolute Gasteiger partial charge is 0.310 e. The third-order valence-electron chi connectivity index (χ3n) is 15.1. The van der Waals surface area contributed by atoms with Crippen LogP contribution in [0.4, 0.5) is 34.1 Å². The average molecular weight is 997 g/mol. The van der Waals surface area contributed by atoms with E-state index in [1.54, 1.807) is 0 Å². The Morgan fingerprint density at radius 1 is 0.231 bits per heavy atom. The number of hydrogen-bond acceptors (Lipinski definition) is 2. The SMILES string of the molecule is C(=Cc1ccc(N(c2ccccc2)c2ccc3c(c2)c2ccccc2n3-c2ccccc2-c2ccccc2)cc1)c1ccc(N(c2ccccc2)c2ccc3c(c2)c2ccccc2n3-c2ccccc2-c2ccccc2)cc1. The van der Waals surface area contributed by atoms with Crippen molar-refractivity contribution in [3.05, 3.63) is 314 Å². The molecule has 0 bridgehead atoms. The Labute approximate surface area is 454 Å². The van der Waals surface area contributed by atoms with Crippen molar-refractivity contribution < 1.29 is 0 Å². The van der Waals surface area contributed by atoms with Gasteiger partial charge < -0.3 is 18.9 Å². The van der Waals surface area contributed by atoms with E-state index < -0.39 is 0 Å². The number of anilines is 6. The topological polar surface area (TPSA) is 16.3 Å². The van der Waals surface area contributed by atoms with Gasteiger partial charge >= 0.3 is 0 Å². The Morgan fingerprint density at radius 2 is 0.538 bits per heavy atom. The summed E-state index contributed by atoms with van der Waals surface area (Å²) in [4.78, 5) is 4.71. The molecule has 2 aromatic heterocycles. The highest BCUT2D eigenvalue weighted by Crippen LogP contribution is 2.44.